The predicted octanol–water partition coefficient (Wildman–Crippen LogP) is 3.43. The molecule has 18 heavy (non-hydrogen) atoms. The van der Waals surface area contributed by atoms with E-state index in [1.165, 1.54) is 5.56 Å². The van der Waals surface area contributed by atoms with Crippen molar-refractivity contribution in [3.05, 3.63) is 64.5 Å². The number of benzene rings is 1. The van der Waals surface area contributed by atoms with Crippen molar-refractivity contribution in [3.63, 3.8) is 0 Å². The van der Waals surface area contributed by atoms with Gasteiger partial charge in [0, 0.05) is 17.5 Å². The fourth-order valence-electron chi connectivity index (χ4n) is 2.38. The highest BCUT2D eigenvalue weighted by molar-refractivity contribution is 6.00. The third-order valence-corrected chi connectivity index (χ3v) is 3.02. The maximum absolute atomic E-state index is 12.3. The monoisotopic (exact) mass is 239 g/mol. The van der Waals surface area contributed by atoms with Gasteiger partial charge < -0.3 is 0 Å². The molecule has 0 fully saturated rings. The summed E-state index contributed by atoms with van der Waals surface area (Å²) in [5.41, 5.74) is 4.95. The Morgan fingerprint density at radius 3 is 2.33 bits per heavy atom. The van der Waals surface area contributed by atoms with Crippen molar-refractivity contribution in [2.45, 2.75) is 27.2 Å². The number of aryl methyl sites for hydroxylation is 3. The highest BCUT2D eigenvalue weighted by Gasteiger charge is 2.13. The van der Waals surface area contributed by atoms with Gasteiger partial charge in [0.2, 0.25) is 0 Å². The number of carbonyl (C=O) groups excluding carboxylic acids is 1. The lowest BCUT2D eigenvalue weighted by molar-refractivity contribution is 0.0991. The first-order chi connectivity index (χ1) is 8.58. The second-order valence-electron chi connectivity index (χ2n) is 4.69. The smallest absolute Gasteiger partial charge is 0.169 e. The minimum Gasteiger partial charge on any atom is -0.294 e. The largest absolute Gasteiger partial charge is 0.294 e. The van der Waals surface area contributed by atoms with Crippen LogP contribution in [-0.4, -0.2) is 10.8 Å². The van der Waals surface area contributed by atoms with Crippen molar-refractivity contribution in [1.29, 1.82) is 0 Å². The van der Waals surface area contributed by atoms with E-state index in [1.807, 2.05) is 39.0 Å². The van der Waals surface area contributed by atoms with Crippen LogP contribution >= 0.6 is 0 Å². The zero-order valence-corrected chi connectivity index (χ0v) is 11.0. The van der Waals surface area contributed by atoms with Crippen LogP contribution in [-0.2, 0) is 6.42 Å². The molecule has 1 aromatic heterocycles. The lowest BCUT2D eigenvalue weighted by Crippen LogP contribution is -2.09. The summed E-state index contributed by atoms with van der Waals surface area (Å²) in [6.07, 6.45) is 2.09. The molecule has 0 aliphatic heterocycles. The van der Waals surface area contributed by atoms with Gasteiger partial charge in [-0.2, -0.15) is 0 Å². The van der Waals surface area contributed by atoms with Crippen LogP contribution in [0.15, 0.2) is 36.5 Å². The quantitative estimate of drug-likeness (QED) is 0.768. The van der Waals surface area contributed by atoms with Gasteiger partial charge >= 0.3 is 0 Å². The van der Waals surface area contributed by atoms with E-state index >= 15 is 0 Å². The van der Waals surface area contributed by atoms with Gasteiger partial charge in [-0.3, -0.25) is 9.78 Å². The molecule has 0 bridgehead atoms. The number of carbonyl (C=O) groups is 1. The Balaban J connectivity index is 2.30. The topological polar surface area (TPSA) is 30.0 Å². The van der Waals surface area contributed by atoms with Crippen molar-refractivity contribution in [2.24, 2.45) is 0 Å². The van der Waals surface area contributed by atoms with Crippen LogP contribution in [0.5, 0.6) is 0 Å². The van der Waals surface area contributed by atoms with Gasteiger partial charge in [0.25, 0.3) is 0 Å². The molecule has 92 valence electrons. The molecule has 2 heteroatoms. The van der Waals surface area contributed by atoms with Gasteiger partial charge in [-0.25, -0.2) is 0 Å². The lowest BCUT2D eigenvalue weighted by Gasteiger charge is -2.10. The first-order valence-corrected chi connectivity index (χ1v) is 6.09. The minimum absolute atomic E-state index is 0.142. The molecule has 2 rings (SSSR count). The number of Topliss-reactive ketones (excluding diaryl/α,β-unsaturated/α-hetero) is 1. The number of ketones is 1. The molecule has 1 heterocycles. The number of pyridine rings is 1. The van der Waals surface area contributed by atoms with Gasteiger partial charge in [-0.05, 0) is 44.0 Å². The van der Waals surface area contributed by atoms with Crippen molar-refractivity contribution < 1.29 is 4.79 Å². The maximum atomic E-state index is 12.3. The van der Waals surface area contributed by atoms with Crippen molar-refractivity contribution in [1.82, 2.24) is 4.98 Å². The Kier molecular flexibility index (Phi) is 3.56. The van der Waals surface area contributed by atoms with Crippen LogP contribution in [0.2, 0.25) is 0 Å². The first-order valence-electron chi connectivity index (χ1n) is 6.09. The van der Waals surface area contributed by atoms with Gasteiger partial charge in [0.05, 0.1) is 6.42 Å². The van der Waals surface area contributed by atoms with E-state index in [0.717, 1.165) is 22.4 Å². The van der Waals surface area contributed by atoms with Gasteiger partial charge in [-0.15, -0.1) is 0 Å². The number of hydrogen-bond acceptors (Lipinski definition) is 2. The highest BCUT2D eigenvalue weighted by atomic mass is 16.1. The summed E-state index contributed by atoms with van der Waals surface area (Å²) < 4.78 is 0. The van der Waals surface area contributed by atoms with Crippen LogP contribution in [0, 0.1) is 20.8 Å². The van der Waals surface area contributed by atoms with Crippen LogP contribution in [0.1, 0.15) is 32.7 Å². The third kappa shape index (κ3) is 2.65. The molecule has 0 spiro atoms. The molecule has 0 saturated carbocycles. The molecule has 0 aliphatic carbocycles. The zero-order chi connectivity index (χ0) is 13.1. The molecule has 2 aromatic rings. The Morgan fingerprint density at radius 1 is 1.11 bits per heavy atom. The average Bonchev–Trinajstić information content (AvgIpc) is 2.28. The molecule has 0 atom stereocenters. The van der Waals surface area contributed by atoms with Gasteiger partial charge in [0.15, 0.2) is 5.78 Å². The molecule has 0 amide bonds. The van der Waals surface area contributed by atoms with Crippen LogP contribution in [0.4, 0.5) is 0 Å². The highest BCUT2D eigenvalue weighted by Crippen LogP contribution is 2.18. The van der Waals surface area contributed by atoms with E-state index < -0.39 is 0 Å². The normalized spacial score (nSPS) is 10.4. The summed E-state index contributed by atoms with van der Waals surface area (Å²) in [5, 5.41) is 0. The van der Waals surface area contributed by atoms with Crippen LogP contribution in [0.3, 0.4) is 0 Å². The fraction of sp³-hybridized carbons (Fsp3) is 0.250. The molecule has 1 aromatic carbocycles. The second-order valence-corrected chi connectivity index (χ2v) is 4.69. The summed E-state index contributed by atoms with van der Waals surface area (Å²) >= 11 is 0. The minimum atomic E-state index is 0.142. The summed E-state index contributed by atoms with van der Waals surface area (Å²) in [6.45, 7) is 6.03. The first kappa shape index (κ1) is 12.5. The van der Waals surface area contributed by atoms with Crippen LogP contribution < -0.4 is 0 Å². The van der Waals surface area contributed by atoms with Gasteiger partial charge in [-0.1, -0.05) is 23.8 Å². The molecular weight excluding hydrogens is 222 g/mol. The van der Waals surface area contributed by atoms with Crippen molar-refractivity contribution in [3.8, 4) is 0 Å². The number of rotatable bonds is 3. The number of hydrogen-bond donors (Lipinski definition) is 0. The van der Waals surface area contributed by atoms with E-state index in [2.05, 4.69) is 17.1 Å². The Labute approximate surface area is 108 Å². The molecule has 0 saturated heterocycles. The molecule has 2 nitrogen and oxygen atoms in total. The Bertz CT molecular complexity index is 550. The average molecular weight is 239 g/mol. The fourth-order valence-corrected chi connectivity index (χ4v) is 2.38. The molecule has 0 unspecified atom stereocenters. The second kappa shape index (κ2) is 5.13. The van der Waals surface area contributed by atoms with E-state index in [-0.39, 0.29) is 5.78 Å². The van der Waals surface area contributed by atoms with E-state index in [4.69, 9.17) is 0 Å². The van der Waals surface area contributed by atoms with E-state index in [1.54, 1.807) is 6.20 Å². The van der Waals surface area contributed by atoms with E-state index in [9.17, 15) is 4.79 Å². The molecule has 0 aliphatic rings. The lowest BCUT2D eigenvalue weighted by atomic mass is 9.94. The van der Waals surface area contributed by atoms with E-state index in [0.29, 0.717) is 6.42 Å². The molecule has 0 radical (unpaired) electrons. The number of nitrogens with zero attached hydrogens (tertiary/aromatic N) is 1. The number of aromatic nitrogens is 1. The van der Waals surface area contributed by atoms with Crippen LogP contribution in [0.25, 0.3) is 0 Å². The standard InChI is InChI=1S/C16H17NO/c1-11-8-12(2)16(13(3)9-11)15(18)10-14-6-4-5-7-17-14/h4-9H,10H2,1-3H3. The summed E-state index contributed by atoms with van der Waals surface area (Å²) in [5.74, 6) is 0.142. The SMILES string of the molecule is Cc1cc(C)c(C(=O)Cc2ccccn2)c(C)c1. The van der Waals surface area contributed by atoms with Crippen molar-refractivity contribution >= 4 is 5.78 Å². The predicted molar refractivity (Wildman–Crippen MR) is 72.9 cm³/mol. The molecule has 0 N–H and O–H groups in total. The van der Waals surface area contributed by atoms with Gasteiger partial charge in [0.1, 0.15) is 0 Å². The van der Waals surface area contributed by atoms with Crippen molar-refractivity contribution in [2.75, 3.05) is 0 Å². The third-order valence-electron chi connectivity index (χ3n) is 3.02. The zero-order valence-electron chi connectivity index (χ0n) is 11.0. The Hall–Kier alpha value is -1.96. The summed E-state index contributed by atoms with van der Waals surface area (Å²) in [6, 6.07) is 9.76. The maximum Gasteiger partial charge on any atom is 0.169 e. The summed E-state index contributed by atoms with van der Waals surface area (Å²) in [7, 11) is 0. The summed E-state index contributed by atoms with van der Waals surface area (Å²) in [4.78, 5) is 16.5. The Morgan fingerprint density at radius 2 is 1.78 bits per heavy atom. The molecular formula is C16H17NO.